The van der Waals surface area contributed by atoms with E-state index >= 15 is 0 Å². The molecule has 0 saturated carbocycles. The molecule has 1 aromatic carbocycles. The van der Waals surface area contributed by atoms with Crippen molar-refractivity contribution in [3.05, 3.63) is 39.9 Å². The van der Waals surface area contributed by atoms with Gasteiger partial charge in [-0.1, -0.05) is 25.1 Å². The Balaban J connectivity index is 1.94. The molecular weight excluding hydrogens is 303 g/mol. The van der Waals surface area contributed by atoms with Crippen LogP contribution in [0.4, 0.5) is 4.39 Å². The summed E-state index contributed by atoms with van der Waals surface area (Å²) in [6.07, 6.45) is 2.12. The number of thiophene rings is 1. The summed E-state index contributed by atoms with van der Waals surface area (Å²) >= 11 is 3.45. The van der Waals surface area contributed by atoms with Crippen molar-refractivity contribution < 1.29 is 4.39 Å². The van der Waals surface area contributed by atoms with Crippen LogP contribution in [0.1, 0.15) is 25.3 Å². The van der Waals surface area contributed by atoms with Gasteiger partial charge in [0.1, 0.15) is 5.82 Å². The van der Waals surface area contributed by atoms with Crippen LogP contribution in [0.5, 0.6) is 0 Å². The summed E-state index contributed by atoms with van der Waals surface area (Å²) in [4.78, 5) is 8.17. The summed E-state index contributed by atoms with van der Waals surface area (Å²) in [7, 11) is 0. The number of hydrogen-bond donors (Lipinski definition) is 0. The first-order valence-electron chi connectivity index (χ1n) is 7.18. The van der Waals surface area contributed by atoms with Crippen molar-refractivity contribution >= 4 is 44.0 Å². The first-order chi connectivity index (χ1) is 10.3. The molecule has 0 unspecified atom stereocenters. The predicted octanol–water partition coefficient (Wildman–Crippen LogP) is 4.93. The van der Waals surface area contributed by atoms with Gasteiger partial charge in [-0.15, -0.1) is 11.3 Å². The number of fused-ring (bicyclic) bond motifs is 2. The Morgan fingerprint density at radius 1 is 1.38 bits per heavy atom. The zero-order valence-electron chi connectivity index (χ0n) is 11.7. The van der Waals surface area contributed by atoms with Crippen molar-refractivity contribution in [2.75, 3.05) is 13.1 Å². The number of nitrogens with zero attached hydrogens (tertiary/aromatic N) is 2. The molecule has 0 aliphatic carbocycles. The van der Waals surface area contributed by atoms with Crippen LogP contribution in [0.15, 0.2) is 33.5 Å². The molecule has 0 saturated heterocycles. The van der Waals surface area contributed by atoms with Crippen LogP contribution >= 0.6 is 23.1 Å². The molecule has 3 heterocycles. The first-order valence-corrected chi connectivity index (χ1v) is 8.87. The van der Waals surface area contributed by atoms with Crippen molar-refractivity contribution in [2.24, 2.45) is 4.99 Å². The van der Waals surface area contributed by atoms with E-state index in [1.165, 1.54) is 15.3 Å². The van der Waals surface area contributed by atoms with E-state index in [0.29, 0.717) is 0 Å². The van der Waals surface area contributed by atoms with E-state index in [9.17, 15) is 4.39 Å². The average Bonchev–Trinajstić information content (AvgIpc) is 3.12. The Morgan fingerprint density at radius 2 is 2.29 bits per heavy atom. The van der Waals surface area contributed by atoms with Gasteiger partial charge in [-0.2, -0.15) is 0 Å². The molecule has 5 heteroatoms. The number of thioether (sulfide) groups is 1. The molecule has 0 spiro atoms. The van der Waals surface area contributed by atoms with Gasteiger partial charge in [0.25, 0.3) is 0 Å². The van der Waals surface area contributed by atoms with E-state index in [2.05, 4.69) is 16.8 Å². The van der Waals surface area contributed by atoms with E-state index in [1.54, 1.807) is 35.2 Å². The summed E-state index contributed by atoms with van der Waals surface area (Å²) in [5.74, 6) is -0.158. The zero-order chi connectivity index (χ0) is 14.4. The fourth-order valence-corrected chi connectivity index (χ4v) is 5.13. The van der Waals surface area contributed by atoms with Gasteiger partial charge >= 0.3 is 0 Å². The second-order valence-corrected chi connectivity index (χ2v) is 7.21. The Bertz CT molecular complexity index is 776. The monoisotopic (exact) mass is 318 g/mol. The van der Waals surface area contributed by atoms with Crippen LogP contribution in [0.2, 0.25) is 0 Å². The molecule has 0 radical (unpaired) electrons. The number of benzene rings is 1. The third-order valence-electron chi connectivity index (χ3n) is 3.80. The lowest BCUT2D eigenvalue weighted by Crippen LogP contribution is -2.20. The minimum atomic E-state index is -0.158. The number of rotatable bonds is 3. The summed E-state index contributed by atoms with van der Waals surface area (Å²) in [6, 6.07) is 5.30. The Hall–Kier alpha value is -1.33. The minimum Gasteiger partial charge on any atom is -0.318 e. The normalized spacial score (nSPS) is 17.8. The van der Waals surface area contributed by atoms with Gasteiger partial charge in [0.2, 0.25) is 0 Å². The molecule has 108 valence electrons. The molecule has 21 heavy (non-hydrogen) atoms. The van der Waals surface area contributed by atoms with Crippen molar-refractivity contribution in [1.82, 2.24) is 4.90 Å². The molecule has 2 aromatic rings. The lowest BCUT2D eigenvalue weighted by atomic mass is 10.1. The Morgan fingerprint density at radius 3 is 3.14 bits per heavy atom. The van der Waals surface area contributed by atoms with Gasteiger partial charge in [0, 0.05) is 21.7 Å². The van der Waals surface area contributed by atoms with E-state index < -0.39 is 0 Å². The van der Waals surface area contributed by atoms with Gasteiger partial charge in [0.15, 0.2) is 5.17 Å². The number of amidine groups is 1. The fraction of sp³-hybridized carbons (Fsp3) is 0.312. The van der Waals surface area contributed by atoms with Crippen molar-refractivity contribution in [1.29, 1.82) is 0 Å². The van der Waals surface area contributed by atoms with Crippen LogP contribution in [0.3, 0.4) is 0 Å². The fourth-order valence-electron chi connectivity index (χ4n) is 2.94. The van der Waals surface area contributed by atoms with Crippen molar-refractivity contribution in [3.63, 3.8) is 0 Å². The second kappa shape index (κ2) is 5.14. The highest BCUT2D eigenvalue weighted by molar-refractivity contribution is 8.17. The van der Waals surface area contributed by atoms with Crippen LogP contribution in [0.25, 0.3) is 15.8 Å². The number of halogens is 1. The molecule has 2 aliphatic heterocycles. The zero-order valence-corrected chi connectivity index (χ0v) is 13.4. The Kier molecular flexibility index (Phi) is 3.27. The van der Waals surface area contributed by atoms with Crippen LogP contribution in [-0.4, -0.2) is 23.2 Å². The smallest absolute Gasteiger partial charge is 0.168 e. The molecule has 4 rings (SSSR count). The van der Waals surface area contributed by atoms with Crippen LogP contribution < -0.4 is 0 Å². The highest BCUT2D eigenvalue weighted by Crippen LogP contribution is 2.46. The van der Waals surface area contributed by atoms with Crippen LogP contribution in [0, 0.1) is 5.82 Å². The van der Waals surface area contributed by atoms with Crippen molar-refractivity contribution in [3.8, 4) is 0 Å². The number of allylic oxidation sites excluding steroid dienone is 1. The topological polar surface area (TPSA) is 15.6 Å². The highest BCUT2D eigenvalue weighted by atomic mass is 32.2. The summed E-state index contributed by atoms with van der Waals surface area (Å²) < 4.78 is 15.2. The minimum absolute atomic E-state index is 0.158. The van der Waals surface area contributed by atoms with Gasteiger partial charge in [-0.05, 0) is 35.4 Å². The van der Waals surface area contributed by atoms with Gasteiger partial charge in [-0.25, -0.2) is 4.39 Å². The highest BCUT2D eigenvalue weighted by Gasteiger charge is 2.33. The maximum atomic E-state index is 14.0. The second-order valence-electron chi connectivity index (χ2n) is 5.23. The number of hydrogen-bond acceptors (Lipinski definition) is 4. The van der Waals surface area contributed by atoms with E-state index in [0.717, 1.165) is 42.0 Å². The molecule has 0 fully saturated rings. The maximum absolute atomic E-state index is 14.0. The SMILES string of the molecule is CCCC1=C(c2cc(F)cc3ccsc23)N2CCN=C2S1. The van der Waals surface area contributed by atoms with Gasteiger partial charge in [0.05, 0.1) is 12.2 Å². The standard InChI is InChI=1S/C16H15FN2S2/c1-2-3-13-14(19-6-5-18-16(19)21-13)12-9-11(17)8-10-4-7-20-15(10)12/h4,7-9H,2-3,5-6H2,1H3. The lowest BCUT2D eigenvalue weighted by molar-refractivity contribution is 0.624. The third kappa shape index (κ3) is 2.10. The molecule has 0 amide bonds. The summed E-state index contributed by atoms with van der Waals surface area (Å²) in [5, 5.41) is 4.12. The molecule has 1 aromatic heterocycles. The average molecular weight is 318 g/mol. The van der Waals surface area contributed by atoms with Crippen molar-refractivity contribution in [2.45, 2.75) is 19.8 Å². The van der Waals surface area contributed by atoms with Gasteiger partial charge < -0.3 is 4.90 Å². The quantitative estimate of drug-likeness (QED) is 0.797. The molecule has 2 nitrogen and oxygen atoms in total. The predicted molar refractivity (Wildman–Crippen MR) is 90.2 cm³/mol. The summed E-state index contributed by atoms with van der Waals surface area (Å²) in [6.45, 7) is 3.94. The van der Waals surface area contributed by atoms with Crippen LogP contribution in [-0.2, 0) is 0 Å². The number of aliphatic imine (C=N–C) groups is 1. The molecular formula is C16H15FN2S2. The van der Waals surface area contributed by atoms with E-state index in [-0.39, 0.29) is 5.82 Å². The molecule has 2 aliphatic rings. The van der Waals surface area contributed by atoms with Gasteiger partial charge in [-0.3, -0.25) is 4.99 Å². The maximum Gasteiger partial charge on any atom is 0.168 e. The molecule has 0 bridgehead atoms. The Labute approximate surface area is 131 Å². The molecule has 0 atom stereocenters. The molecule has 0 N–H and O–H groups in total. The lowest BCUT2D eigenvalue weighted by Gasteiger charge is -2.18. The van der Waals surface area contributed by atoms with E-state index in [1.807, 2.05) is 11.4 Å². The summed E-state index contributed by atoms with van der Waals surface area (Å²) in [5.41, 5.74) is 2.22. The first kappa shape index (κ1) is 13.3. The third-order valence-corrected chi connectivity index (χ3v) is 5.94. The largest absolute Gasteiger partial charge is 0.318 e. The van der Waals surface area contributed by atoms with E-state index in [4.69, 9.17) is 0 Å².